The second kappa shape index (κ2) is 6.98. The van der Waals surface area contributed by atoms with Crippen molar-refractivity contribution in [1.82, 2.24) is 10.2 Å². The topological polar surface area (TPSA) is 89.9 Å². The lowest BCUT2D eigenvalue weighted by Crippen LogP contribution is -2.50. The summed E-state index contributed by atoms with van der Waals surface area (Å²) in [5, 5.41) is 12.2. The Bertz CT molecular complexity index is 682. The van der Waals surface area contributed by atoms with Crippen LogP contribution < -0.4 is 10.2 Å². The molecule has 0 unspecified atom stereocenters. The smallest absolute Gasteiger partial charge is 0.234 e. The van der Waals surface area contributed by atoms with E-state index in [1.54, 1.807) is 12.1 Å². The molecule has 1 aromatic carbocycles. The van der Waals surface area contributed by atoms with E-state index >= 15 is 0 Å². The third-order valence-electron chi connectivity index (χ3n) is 4.55. The van der Waals surface area contributed by atoms with Crippen LogP contribution in [-0.4, -0.2) is 74.6 Å². The van der Waals surface area contributed by atoms with Gasteiger partial charge in [0.2, 0.25) is 5.91 Å². The van der Waals surface area contributed by atoms with E-state index in [2.05, 4.69) is 15.1 Å². The zero-order valence-electron chi connectivity index (χ0n) is 13.5. The number of nitrogens with one attached hydrogen (secondary N) is 1. The van der Waals surface area contributed by atoms with Gasteiger partial charge in [0, 0.05) is 37.9 Å². The number of piperazine rings is 1. The average Bonchev–Trinajstić information content (AvgIpc) is 2.87. The Kier molecular flexibility index (Phi) is 4.96. The summed E-state index contributed by atoms with van der Waals surface area (Å²) in [5.41, 5.74) is 1.06. The number of hydrogen-bond donors (Lipinski definition) is 2. The first kappa shape index (κ1) is 17.0. The van der Waals surface area contributed by atoms with Gasteiger partial charge in [0.1, 0.15) is 5.75 Å². The number of hydrogen-bond acceptors (Lipinski definition) is 6. The summed E-state index contributed by atoms with van der Waals surface area (Å²) >= 11 is 0. The van der Waals surface area contributed by atoms with E-state index in [1.807, 2.05) is 12.1 Å². The Labute approximate surface area is 142 Å². The summed E-state index contributed by atoms with van der Waals surface area (Å²) in [6.07, 6.45) is 0.517. The molecular weight excluding hydrogens is 330 g/mol. The van der Waals surface area contributed by atoms with Crippen molar-refractivity contribution in [1.29, 1.82) is 0 Å². The van der Waals surface area contributed by atoms with Crippen LogP contribution in [0.1, 0.15) is 6.42 Å². The monoisotopic (exact) mass is 353 g/mol. The van der Waals surface area contributed by atoms with Crippen LogP contribution >= 0.6 is 0 Å². The number of sulfone groups is 1. The number of amides is 1. The van der Waals surface area contributed by atoms with E-state index in [0.717, 1.165) is 31.9 Å². The predicted molar refractivity (Wildman–Crippen MR) is 92.0 cm³/mol. The van der Waals surface area contributed by atoms with Gasteiger partial charge < -0.3 is 15.3 Å². The maximum atomic E-state index is 12.1. The standard InChI is InChI=1S/C16H23N3O4S/c20-15-3-1-14(2-4-15)19-8-6-18(7-9-19)11-16(21)17-13-5-10-24(22,23)12-13/h1-4,13,20H,5-12H2,(H,17,21)/t13-/m1/s1. The molecule has 2 aliphatic rings. The molecule has 0 aromatic heterocycles. The van der Waals surface area contributed by atoms with Crippen LogP contribution in [0.3, 0.4) is 0 Å². The van der Waals surface area contributed by atoms with Crippen molar-refractivity contribution in [3.8, 4) is 5.75 Å². The minimum absolute atomic E-state index is 0.0629. The number of carbonyl (C=O) groups is 1. The summed E-state index contributed by atoms with van der Waals surface area (Å²) in [6, 6.07) is 6.88. The molecule has 2 fully saturated rings. The second-order valence-corrected chi connectivity index (χ2v) is 8.68. The van der Waals surface area contributed by atoms with Gasteiger partial charge in [-0.25, -0.2) is 8.42 Å². The predicted octanol–water partition coefficient (Wildman–Crippen LogP) is -0.182. The van der Waals surface area contributed by atoms with Crippen molar-refractivity contribution in [2.24, 2.45) is 0 Å². The lowest BCUT2D eigenvalue weighted by molar-refractivity contribution is -0.122. The molecule has 0 bridgehead atoms. The van der Waals surface area contributed by atoms with Crippen LogP contribution in [0.25, 0.3) is 0 Å². The largest absolute Gasteiger partial charge is 0.508 e. The van der Waals surface area contributed by atoms with Gasteiger partial charge in [-0.1, -0.05) is 0 Å². The zero-order chi connectivity index (χ0) is 17.2. The molecule has 132 valence electrons. The first-order valence-electron chi connectivity index (χ1n) is 8.17. The van der Waals surface area contributed by atoms with Gasteiger partial charge >= 0.3 is 0 Å². The van der Waals surface area contributed by atoms with Gasteiger partial charge in [-0.15, -0.1) is 0 Å². The number of anilines is 1. The van der Waals surface area contributed by atoms with Crippen LogP contribution in [0.5, 0.6) is 5.75 Å². The molecular formula is C16H23N3O4S. The zero-order valence-corrected chi connectivity index (χ0v) is 14.3. The average molecular weight is 353 g/mol. The Hall–Kier alpha value is -1.80. The fourth-order valence-electron chi connectivity index (χ4n) is 3.21. The molecule has 8 heteroatoms. The van der Waals surface area contributed by atoms with E-state index in [0.29, 0.717) is 13.0 Å². The van der Waals surface area contributed by atoms with Crippen molar-refractivity contribution in [2.45, 2.75) is 12.5 Å². The molecule has 24 heavy (non-hydrogen) atoms. The number of nitrogens with zero attached hydrogens (tertiary/aromatic N) is 2. The highest BCUT2D eigenvalue weighted by molar-refractivity contribution is 7.91. The van der Waals surface area contributed by atoms with Crippen LogP contribution in [0, 0.1) is 0 Å². The molecule has 1 atom stereocenters. The first-order valence-corrected chi connectivity index (χ1v) is 9.99. The van der Waals surface area contributed by atoms with Crippen molar-refractivity contribution < 1.29 is 18.3 Å². The molecule has 3 rings (SSSR count). The van der Waals surface area contributed by atoms with Gasteiger partial charge in [0.25, 0.3) is 0 Å². The lowest BCUT2D eigenvalue weighted by atomic mass is 10.2. The molecule has 1 aromatic rings. The van der Waals surface area contributed by atoms with E-state index in [1.165, 1.54) is 0 Å². The minimum atomic E-state index is -2.97. The number of rotatable bonds is 4. The van der Waals surface area contributed by atoms with Gasteiger partial charge in [-0.2, -0.15) is 0 Å². The molecule has 2 saturated heterocycles. The van der Waals surface area contributed by atoms with E-state index in [9.17, 15) is 18.3 Å². The number of aromatic hydroxyl groups is 1. The van der Waals surface area contributed by atoms with Crippen LogP contribution in [-0.2, 0) is 14.6 Å². The number of benzene rings is 1. The first-order chi connectivity index (χ1) is 11.4. The molecule has 0 aliphatic carbocycles. The van der Waals surface area contributed by atoms with Gasteiger partial charge in [-0.3, -0.25) is 9.69 Å². The lowest BCUT2D eigenvalue weighted by Gasteiger charge is -2.35. The molecule has 2 aliphatic heterocycles. The fraction of sp³-hybridized carbons (Fsp3) is 0.562. The van der Waals surface area contributed by atoms with E-state index in [-0.39, 0.29) is 29.2 Å². The fourth-order valence-corrected chi connectivity index (χ4v) is 4.89. The SMILES string of the molecule is O=C(CN1CCN(c2ccc(O)cc2)CC1)N[C@@H]1CCS(=O)(=O)C1. The molecule has 0 spiro atoms. The quantitative estimate of drug-likeness (QED) is 0.780. The molecule has 7 nitrogen and oxygen atoms in total. The molecule has 2 heterocycles. The van der Waals surface area contributed by atoms with Crippen LogP contribution in [0.2, 0.25) is 0 Å². The molecule has 0 radical (unpaired) electrons. The van der Waals surface area contributed by atoms with Crippen molar-refractivity contribution >= 4 is 21.4 Å². The summed E-state index contributed by atoms with van der Waals surface area (Å²) in [5.74, 6) is 0.384. The van der Waals surface area contributed by atoms with Gasteiger partial charge in [-0.05, 0) is 30.7 Å². The Morgan fingerprint density at radius 1 is 1.17 bits per heavy atom. The highest BCUT2D eigenvalue weighted by Gasteiger charge is 2.29. The van der Waals surface area contributed by atoms with Gasteiger partial charge in [0.15, 0.2) is 9.84 Å². The van der Waals surface area contributed by atoms with Crippen LogP contribution in [0.4, 0.5) is 5.69 Å². The number of carbonyl (C=O) groups excluding carboxylic acids is 1. The molecule has 0 saturated carbocycles. The highest BCUT2D eigenvalue weighted by atomic mass is 32.2. The Morgan fingerprint density at radius 3 is 2.42 bits per heavy atom. The third kappa shape index (κ3) is 4.39. The molecule has 2 N–H and O–H groups in total. The van der Waals surface area contributed by atoms with Crippen molar-refractivity contribution in [3.63, 3.8) is 0 Å². The second-order valence-electron chi connectivity index (χ2n) is 6.45. The van der Waals surface area contributed by atoms with E-state index < -0.39 is 9.84 Å². The maximum absolute atomic E-state index is 12.1. The maximum Gasteiger partial charge on any atom is 0.234 e. The highest BCUT2D eigenvalue weighted by Crippen LogP contribution is 2.19. The summed E-state index contributed by atoms with van der Waals surface area (Å²) in [4.78, 5) is 16.4. The van der Waals surface area contributed by atoms with Crippen LogP contribution in [0.15, 0.2) is 24.3 Å². The Balaban J connectivity index is 1.43. The summed E-state index contributed by atoms with van der Waals surface area (Å²) in [7, 11) is -2.97. The minimum Gasteiger partial charge on any atom is -0.508 e. The normalized spacial score (nSPS) is 24.0. The number of phenolic OH excluding ortho intramolecular Hbond substituents is 1. The summed E-state index contributed by atoms with van der Waals surface area (Å²) in [6.45, 7) is 3.49. The van der Waals surface area contributed by atoms with Crippen molar-refractivity contribution in [3.05, 3.63) is 24.3 Å². The molecule has 1 amide bonds. The number of phenols is 1. The van der Waals surface area contributed by atoms with E-state index in [4.69, 9.17) is 0 Å². The summed E-state index contributed by atoms with van der Waals surface area (Å²) < 4.78 is 22.8. The van der Waals surface area contributed by atoms with Crippen molar-refractivity contribution in [2.75, 3.05) is 49.1 Å². The third-order valence-corrected chi connectivity index (χ3v) is 6.32. The van der Waals surface area contributed by atoms with Gasteiger partial charge in [0.05, 0.1) is 18.1 Å². The Morgan fingerprint density at radius 2 is 1.83 bits per heavy atom.